The van der Waals surface area contributed by atoms with Gasteiger partial charge in [-0.2, -0.15) is 0 Å². The van der Waals surface area contributed by atoms with Crippen LogP contribution in [0.25, 0.3) is 0 Å². The summed E-state index contributed by atoms with van der Waals surface area (Å²) < 4.78 is 13.5. The third-order valence-corrected chi connectivity index (χ3v) is 3.71. The summed E-state index contributed by atoms with van der Waals surface area (Å²) in [5, 5.41) is 0. The summed E-state index contributed by atoms with van der Waals surface area (Å²) in [6.07, 6.45) is 3.42. The molecule has 1 aliphatic rings. The van der Waals surface area contributed by atoms with Crippen LogP contribution in [0.2, 0.25) is 0 Å². The van der Waals surface area contributed by atoms with Crippen molar-refractivity contribution in [2.24, 2.45) is 17.6 Å². The van der Waals surface area contributed by atoms with E-state index in [1.54, 1.807) is 4.90 Å². The van der Waals surface area contributed by atoms with Gasteiger partial charge in [0.1, 0.15) is 0 Å². The summed E-state index contributed by atoms with van der Waals surface area (Å²) in [4.78, 5) is 17.5. The molecule has 0 aromatic carbocycles. The number of rotatable bonds is 2. The normalized spacial score (nSPS) is 24.1. The molecule has 18 heavy (non-hydrogen) atoms. The summed E-state index contributed by atoms with van der Waals surface area (Å²) in [5.41, 5.74) is 5.80. The molecule has 1 aliphatic heterocycles. The quantitative estimate of drug-likeness (QED) is 0.861. The first kappa shape index (κ1) is 13.0. The van der Waals surface area contributed by atoms with Gasteiger partial charge in [-0.05, 0) is 30.9 Å². The third-order valence-electron chi connectivity index (χ3n) is 3.71. The number of piperidine rings is 1. The van der Waals surface area contributed by atoms with Crippen LogP contribution in [0.3, 0.4) is 0 Å². The first-order chi connectivity index (χ1) is 8.63. The zero-order chi connectivity index (χ0) is 13.1. The van der Waals surface area contributed by atoms with Crippen molar-refractivity contribution in [1.82, 2.24) is 9.88 Å². The summed E-state index contributed by atoms with van der Waals surface area (Å²) >= 11 is 0. The predicted molar refractivity (Wildman–Crippen MR) is 66.4 cm³/mol. The number of nitrogens with two attached hydrogens (primary N) is 1. The maximum absolute atomic E-state index is 13.5. The van der Waals surface area contributed by atoms with E-state index < -0.39 is 5.82 Å². The minimum Gasteiger partial charge on any atom is -0.338 e. The van der Waals surface area contributed by atoms with Crippen LogP contribution in [0.15, 0.2) is 18.5 Å². The highest BCUT2D eigenvalue weighted by atomic mass is 19.1. The van der Waals surface area contributed by atoms with Crippen molar-refractivity contribution in [1.29, 1.82) is 0 Å². The Morgan fingerprint density at radius 2 is 2.44 bits per heavy atom. The first-order valence-corrected chi connectivity index (χ1v) is 6.22. The number of nitrogens with zero attached hydrogens (tertiary/aromatic N) is 2. The molecule has 1 aromatic heterocycles. The molecular formula is C13H18FN3O. The minimum absolute atomic E-state index is 0.0929. The number of hydrogen-bond donors (Lipinski definition) is 1. The molecule has 1 saturated heterocycles. The average molecular weight is 251 g/mol. The van der Waals surface area contributed by atoms with E-state index in [9.17, 15) is 9.18 Å². The topological polar surface area (TPSA) is 59.2 Å². The summed E-state index contributed by atoms with van der Waals surface area (Å²) in [6.45, 7) is 3.98. The standard InChI is InChI=1S/C13H18FN3O/c1-9-3-5-17(8-10(9)6-15)13(18)11-2-4-16-7-12(11)14/h2,4,7,9-10H,3,5-6,8,15H2,1H3. The highest BCUT2D eigenvalue weighted by Crippen LogP contribution is 2.23. The number of pyridine rings is 1. The zero-order valence-electron chi connectivity index (χ0n) is 10.5. The number of carbonyl (C=O) groups is 1. The van der Waals surface area contributed by atoms with Crippen LogP contribution in [-0.2, 0) is 0 Å². The van der Waals surface area contributed by atoms with Crippen LogP contribution in [0, 0.1) is 17.7 Å². The van der Waals surface area contributed by atoms with Gasteiger partial charge < -0.3 is 10.6 Å². The fourth-order valence-corrected chi connectivity index (χ4v) is 2.36. The van der Waals surface area contributed by atoms with Crippen LogP contribution in [-0.4, -0.2) is 35.4 Å². The van der Waals surface area contributed by atoms with E-state index in [2.05, 4.69) is 11.9 Å². The van der Waals surface area contributed by atoms with Crippen LogP contribution in [0.4, 0.5) is 4.39 Å². The van der Waals surface area contributed by atoms with E-state index >= 15 is 0 Å². The van der Waals surface area contributed by atoms with Crippen LogP contribution in [0.5, 0.6) is 0 Å². The lowest BCUT2D eigenvalue weighted by atomic mass is 9.87. The van der Waals surface area contributed by atoms with Gasteiger partial charge in [0, 0.05) is 19.3 Å². The second kappa shape index (κ2) is 5.44. The Morgan fingerprint density at radius 1 is 1.67 bits per heavy atom. The molecule has 98 valence electrons. The zero-order valence-corrected chi connectivity index (χ0v) is 10.5. The number of aromatic nitrogens is 1. The van der Waals surface area contributed by atoms with E-state index in [4.69, 9.17) is 5.73 Å². The third kappa shape index (κ3) is 2.51. The van der Waals surface area contributed by atoms with Crippen molar-refractivity contribution in [3.63, 3.8) is 0 Å². The monoisotopic (exact) mass is 251 g/mol. The van der Waals surface area contributed by atoms with Crippen molar-refractivity contribution in [2.45, 2.75) is 13.3 Å². The Balaban J connectivity index is 2.13. The smallest absolute Gasteiger partial charge is 0.256 e. The Kier molecular flexibility index (Phi) is 3.91. The van der Waals surface area contributed by atoms with E-state index in [1.165, 1.54) is 12.3 Å². The van der Waals surface area contributed by atoms with Gasteiger partial charge in [0.15, 0.2) is 5.82 Å². The number of likely N-dealkylation sites (tertiary alicyclic amines) is 1. The van der Waals surface area contributed by atoms with Gasteiger partial charge in [-0.3, -0.25) is 9.78 Å². The van der Waals surface area contributed by atoms with Crippen molar-refractivity contribution in [2.75, 3.05) is 19.6 Å². The molecule has 1 fully saturated rings. The van der Waals surface area contributed by atoms with E-state index in [1.807, 2.05) is 0 Å². The number of carbonyl (C=O) groups excluding carboxylic acids is 1. The molecular weight excluding hydrogens is 233 g/mol. The van der Waals surface area contributed by atoms with Gasteiger partial charge >= 0.3 is 0 Å². The van der Waals surface area contributed by atoms with Gasteiger partial charge in [-0.15, -0.1) is 0 Å². The highest BCUT2D eigenvalue weighted by molar-refractivity contribution is 5.94. The molecule has 0 aliphatic carbocycles. The molecule has 1 amide bonds. The average Bonchev–Trinajstić information content (AvgIpc) is 2.39. The van der Waals surface area contributed by atoms with Crippen LogP contribution >= 0.6 is 0 Å². The molecule has 2 heterocycles. The van der Waals surface area contributed by atoms with E-state index in [-0.39, 0.29) is 11.5 Å². The molecule has 2 N–H and O–H groups in total. The van der Waals surface area contributed by atoms with Gasteiger partial charge in [0.05, 0.1) is 11.8 Å². The molecule has 2 atom stereocenters. The van der Waals surface area contributed by atoms with Gasteiger partial charge in [-0.1, -0.05) is 6.92 Å². The molecule has 1 aromatic rings. The summed E-state index contributed by atoms with van der Waals surface area (Å²) in [7, 11) is 0. The van der Waals surface area contributed by atoms with Gasteiger partial charge in [0.25, 0.3) is 5.91 Å². The number of amides is 1. The number of halogens is 1. The maximum Gasteiger partial charge on any atom is 0.256 e. The van der Waals surface area contributed by atoms with Crippen molar-refractivity contribution >= 4 is 5.91 Å². The Morgan fingerprint density at radius 3 is 3.11 bits per heavy atom. The van der Waals surface area contributed by atoms with Crippen molar-refractivity contribution in [3.05, 3.63) is 29.8 Å². The fourth-order valence-electron chi connectivity index (χ4n) is 2.36. The van der Waals surface area contributed by atoms with E-state index in [0.29, 0.717) is 31.5 Å². The van der Waals surface area contributed by atoms with E-state index in [0.717, 1.165) is 12.6 Å². The summed E-state index contributed by atoms with van der Waals surface area (Å²) in [6, 6.07) is 1.42. The first-order valence-electron chi connectivity index (χ1n) is 6.22. The Bertz CT molecular complexity index is 438. The second-order valence-corrected chi connectivity index (χ2v) is 4.87. The SMILES string of the molecule is CC1CCN(C(=O)c2ccncc2F)CC1CN. The molecule has 0 radical (unpaired) electrons. The Labute approximate surface area is 106 Å². The second-order valence-electron chi connectivity index (χ2n) is 4.87. The van der Waals surface area contributed by atoms with Crippen LogP contribution in [0.1, 0.15) is 23.7 Å². The summed E-state index contributed by atoms with van der Waals surface area (Å²) in [5.74, 6) is -0.0143. The molecule has 2 rings (SSSR count). The fraction of sp³-hybridized carbons (Fsp3) is 0.538. The molecule has 0 bridgehead atoms. The molecule has 5 heteroatoms. The largest absolute Gasteiger partial charge is 0.338 e. The van der Waals surface area contributed by atoms with Gasteiger partial charge in [0.2, 0.25) is 0 Å². The van der Waals surface area contributed by atoms with Crippen molar-refractivity contribution in [3.8, 4) is 0 Å². The molecule has 0 spiro atoms. The maximum atomic E-state index is 13.5. The highest BCUT2D eigenvalue weighted by Gasteiger charge is 2.29. The lowest BCUT2D eigenvalue weighted by Crippen LogP contribution is -2.45. The minimum atomic E-state index is -0.564. The van der Waals surface area contributed by atoms with Gasteiger partial charge in [-0.25, -0.2) is 4.39 Å². The lowest BCUT2D eigenvalue weighted by molar-refractivity contribution is 0.0613. The molecule has 2 unspecified atom stereocenters. The molecule has 0 saturated carbocycles. The lowest BCUT2D eigenvalue weighted by Gasteiger charge is -2.36. The molecule has 4 nitrogen and oxygen atoms in total. The van der Waals surface area contributed by atoms with Crippen LogP contribution < -0.4 is 5.73 Å². The number of hydrogen-bond acceptors (Lipinski definition) is 3. The Hall–Kier alpha value is -1.49. The van der Waals surface area contributed by atoms with Crippen molar-refractivity contribution < 1.29 is 9.18 Å². The predicted octanol–water partition coefficient (Wildman–Crippen LogP) is 1.28.